The van der Waals surface area contributed by atoms with Crippen molar-refractivity contribution in [2.24, 2.45) is 4.99 Å². The number of amidine groups is 1. The summed E-state index contributed by atoms with van der Waals surface area (Å²) in [7, 11) is -0.843. The van der Waals surface area contributed by atoms with E-state index in [0.29, 0.717) is 0 Å². The number of benzene rings is 4. The lowest BCUT2D eigenvalue weighted by Gasteiger charge is -2.24. The lowest BCUT2D eigenvalue weighted by molar-refractivity contribution is 0.589. The molecule has 0 bridgehead atoms. The fourth-order valence-electron chi connectivity index (χ4n) is 4.08. The molecular formula is C32H35N2P. The third-order valence-corrected chi connectivity index (χ3v) is 8.22. The third kappa shape index (κ3) is 6.08. The SMILES string of the molecule is Cc1ccc(C(=Nc2c(C)cc(C(C)(C)C)cc2C)NP(c2ccccc2)c2ccccc2)cc1. The van der Waals surface area contributed by atoms with Crippen LogP contribution < -0.4 is 15.7 Å². The Bertz CT molecular complexity index is 1240. The number of aliphatic imine (C=N–C) groups is 1. The summed E-state index contributed by atoms with van der Waals surface area (Å²) in [5.74, 6) is 0.901. The van der Waals surface area contributed by atoms with Crippen LogP contribution in [0.2, 0.25) is 0 Å². The molecule has 0 saturated heterocycles. The molecule has 0 aliphatic heterocycles. The first-order chi connectivity index (χ1) is 16.7. The van der Waals surface area contributed by atoms with Crippen molar-refractivity contribution >= 4 is 30.2 Å². The fourth-order valence-corrected chi connectivity index (χ4v) is 5.97. The zero-order chi connectivity index (χ0) is 25.0. The topological polar surface area (TPSA) is 24.4 Å². The molecule has 0 unspecified atom stereocenters. The molecule has 0 fully saturated rings. The van der Waals surface area contributed by atoms with E-state index in [1.807, 2.05) is 0 Å². The molecule has 0 amide bonds. The minimum Gasteiger partial charge on any atom is -0.341 e. The molecule has 0 atom stereocenters. The second-order valence-electron chi connectivity index (χ2n) is 10.2. The van der Waals surface area contributed by atoms with Gasteiger partial charge in [0.25, 0.3) is 0 Å². The molecule has 0 heterocycles. The van der Waals surface area contributed by atoms with Crippen LogP contribution in [-0.2, 0) is 5.41 Å². The van der Waals surface area contributed by atoms with Gasteiger partial charge in [-0.2, -0.15) is 0 Å². The second kappa shape index (κ2) is 10.6. The van der Waals surface area contributed by atoms with Crippen LogP contribution in [-0.4, -0.2) is 5.84 Å². The quantitative estimate of drug-likeness (QED) is 0.178. The molecule has 0 aliphatic carbocycles. The summed E-state index contributed by atoms with van der Waals surface area (Å²) in [6.07, 6.45) is 0. The van der Waals surface area contributed by atoms with Crippen LogP contribution in [0.4, 0.5) is 5.69 Å². The van der Waals surface area contributed by atoms with Gasteiger partial charge in [0.1, 0.15) is 5.84 Å². The minimum atomic E-state index is -0.843. The number of hydrogen-bond acceptors (Lipinski definition) is 1. The third-order valence-electron chi connectivity index (χ3n) is 6.15. The van der Waals surface area contributed by atoms with E-state index < -0.39 is 8.07 Å². The van der Waals surface area contributed by atoms with Gasteiger partial charge in [0.05, 0.1) is 13.8 Å². The molecule has 0 saturated carbocycles. The Morgan fingerprint density at radius 2 is 1.17 bits per heavy atom. The number of aryl methyl sites for hydroxylation is 3. The first kappa shape index (κ1) is 24.9. The van der Waals surface area contributed by atoms with Crippen molar-refractivity contribution in [3.05, 3.63) is 125 Å². The van der Waals surface area contributed by atoms with Crippen LogP contribution in [0.15, 0.2) is 102 Å². The molecule has 0 aromatic heterocycles. The average molecular weight is 479 g/mol. The lowest BCUT2D eigenvalue weighted by atomic mass is 9.85. The van der Waals surface area contributed by atoms with E-state index >= 15 is 0 Å². The smallest absolute Gasteiger partial charge is 0.137 e. The van der Waals surface area contributed by atoms with Crippen molar-refractivity contribution < 1.29 is 0 Å². The van der Waals surface area contributed by atoms with Gasteiger partial charge < -0.3 is 5.09 Å². The number of nitrogens with one attached hydrogen (secondary N) is 1. The number of rotatable bonds is 5. The molecule has 0 spiro atoms. The van der Waals surface area contributed by atoms with E-state index in [1.54, 1.807) is 0 Å². The van der Waals surface area contributed by atoms with Gasteiger partial charge in [-0.15, -0.1) is 0 Å². The number of hydrogen-bond donors (Lipinski definition) is 1. The van der Waals surface area contributed by atoms with Gasteiger partial charge in [-0.1, -0.05) is 123 Å². The summed E-state index contributed by atoms with van der Waals surface area (Å²) in [4.78, 5) is 5.29. The van der Waals surface area contributed by atoms with Gasteiger partial charge in [0.15, 0.2) is 0 Å². The highest BCUT2D eigenvalue weighted by molar-refractivity contribution is 7.71. The molecule has 2 nitrogen and oxygen atoms in total. The molecule has 35 heavy (non-hydrogen) atoms. The lowest BCUT2D eigenvalue weighted by Crippen LogP contribution is -2.29. The maximum Gasteiger partial charge on any atom is 0.137 e. The number of nitrogens with zero attached hydrogens (tertiary/aromatic N) is 1. The fraction of sp³-hybridized carbons (Fsp3) is 0.219. The van der Waals surface area contributed by atoms with E-state index in [9.17, 15) is 0 Å². The monoisotopic (exact) mass is 478 g/mol. The van der Waals surface area contributed by atoms with E-state index in [2.05, 4.69) is 144 Å². The Balaban J connectivity index is 1.85. The van der Waals surface area contributed by atoms with Crippen molar-refractivity contribution in [3.63, 3.8) is 0 Å². The van der Waals surface area contributed by atoms with Gasteiger partial charge >= 0.3 is 0 Å². The van der Waals surface area contributed by atoms with Crippen molar-refractivity contribution in [1.82, 2.24) is 5.09 Å². The maximum absolute atomic E-state index is 5.29. The molecule has 1 N–H and O–H groups in total. The Hall–Kier alpha value is -3.22. The molecule has 4 aromatic rings. The van der Waals surface area contributed by atoms with Gasteiger partial charge in [-0.3, -0.25) is 0 Å². The largest absolute Gasteiger partial charge is 0.341 e. The van der Waals surface area contributed by atoms with Gasteiger partial charge in [-0.05, 0) is 42.9 Å². The average Bonchev–Trinajstić information content (AvgIpc) is 2.84. The summed E-state index contributed by atoms with van der Waals surface area (Å²) in [6, 6.07) is 34.6. The Morgan fingerprint density at radius 1 is 0.686 bits per heavy atom. The Morgan fingerprint density at radius 3 is 1.63 bits per heavy atom. The highest BCUT2D eigenvalue weighted by Crippen LogP contribution is 2.34. The molecule has 178 valence electrons. The standard InChI is InChI=1S/C32H35N2P/c1-23-17-19-26(20-18-23)31(33-30-24(2)21-27(22-25(30)3)32(4,5)6)34-35(28-13-9-7-10-14-28)29-15-11-8-12-16-29/h7-22H,1-6H3,(H,33,34). The highest BCUT2D eigenvalue weighted by atomic mass is 31.1. The second-order valence-corrected chi connectivity index (χ2v) is 12.1. The van der Waals surface area contributed by atoms with Gasteiger partial charge in [-0.25, -0.2) is 4.99 Å². The minimum absolute atomic E-state index is 0.102. The van der Waals surface area contributed by atoms with E-state index in [0.717, 1.165) is 17.1 Å². The van der Waals surface area contributed by atoms with Crippen LogP contribution >= 0.6 is 8.07 Å². The zero-order valence-corrected chi connectivity index (χ0v) is 22.5. The van der Waals surface area contributed by atoms with Crippen molar-refractivity contribution in [2.75, 3.05) is 0 Å². The van der Waals surface area contributed by atoms with Crippen molar-refractivity contribution in [3.8, 4) is 0 Å². The predicted octanol–water partition coefficient (Wildman–Crippen LogP) is 7.63. The summed E-state index contributed by atoms with van der Waals surface area (Å²) in [5, 5.41) is 6.42. The normalized spacial score (nSPS) is 12.1. The van der Waals surface area contributed by atoms with E-state index in [-0.39, 0.29) is 5.41 Å². The van der Waals surface area contributed by atoms with Gasteiger partial charge in [0, 0.05) is 16.2 Å². The van der Waals surface area contributed by atoms with Crippen LogP contribution in [0.25, 0.3) is 0 Å². The van der Waals surface area contributed by atoms with Crippen molar-refractivity contribution in [2.45, 2.75) is 47.0 Å². The first-order valence-electron chi connectivity index (χ1n) is 12.2. The molecule has 0 aliphatic rings. The molecule has 3 heteroatoms. The Kier molecular flexibility index (Phi) is 7.53. The predicted molar refractivity (Wildman–Crippen MR) is 154 cm³/mol. The van der Waals surface area contributed by atoms with Crippen LogP contribution in [0.3, 0.4) is 0 Å². The molecule has 0 radical (unpaired) electrons. The first-order valence-corrected chi connectivity index (χ1v) is 13.5. The molecule has 4 aromatic carbocycles. The van der Waals surface area contributed by atoms with E-state index in [1.165, 1.54) is 32.9 Å². The summed E-state index contributed by atoms with van der Waals surface area (Å²) >= 11 is 0. The molecular weight excluding hydrogens is 443 g/mol. The summed E-state index contributed by atoms with van der Waals surface area (Å²) in [6.45, 7) is 13.2. The summed E-state index contributed by atoms with van der Waals surface area (Å²) in [5.41, 5.74) is 7.21. The van der Waals surface area contributed by atoms with Crippen LogP contribution in [0.1, 0.15) is 48.6 Å². The van der Waals surface area contributed by atoms with Crippen LogP contribution in [0.5, 0.6) is 0 Å². The van der Waals surface area contributed by atoms with E-state index in [4.69, 9.17) is 4.99 Å². The van der Waals surface area contributed by atoms with Crippen molar-refractivity contribution in [1.29, 1.82) is 0 Å². The highest BCUT2D eigenvalue weighted by Gasteiger charge is 2.19. The summed E-state index contributed by atoms with van der Waals surface area (Å²) < 4.78 is 0. The molecule has 4 rings (SSSR count). The maximum atomic E-state index is 5.29. The Labute approximate surface area is 212 Å². The van der Waals surface area contributed by atoms with Crippen LogP contribution in [0, 0.1) is 20.8 Å². The van der Waals surface area contributed by atoms with Gasteiger partial charge in [0.2, 0.25) is 0 Å². The zero-order valence-electron chi connectivity index (χ0n) is 21.6.